The van der Waals surface area contributed by atoms with E-state index < -0.39 is 27.1 Å². The summed E-state index contributed by atoms with van der Waals surface area (Å²) < 4.78 is 47.3. The van der Waals surface area contributed by atoms with Crippen LogP contribution in [0.1, 0.15) is 46.0 Å². The highest BCUT2D eigenvalue weighted by Gasteiger charge is 2.28. The Morgan fingerprint density at radius 2 is 1.87 bits per heavy atom. The fourth-order valence-corrected chi connectivity index (χ4v) is 5.36. The van der Waals surface area contributed by atoms with Gasteiger partial charge in [0, 0.05) is 6.54 Å². The molecule has 2 aromatic carbocycles. The molecule has 0 aliphatic carbocycles. The third-order valence-corrected chi connectivity index (χ3v) is 7.54. The lowest BCUT2D eigenvalue weighted by molar-refractivity contribution is 0.0600. The van der Waals surface area contributed by atoms with Gasteiger partial charge in [0.05, 0.1) is 17.7 Å². The van der Waals surface area contributed by atoms with Crippen LogP contribution in [0.3, 0.4) is 0 Å². The van der Waals surface area contributed by atoms with Crippen LogP contribution >= 0.6 is 11.6 Å². The molecule has 0 amide bonds. The van der Waals surface area contributed by atoms with E-state index in [1.165, 1.54) is 25.3 Å². The summed E-state index contributed by atoms with van der Waals surface area (Å²) in [5.74, 6) is -1.04. The molecule has 1 aliphatic rings. The Kier molecular flexibility index (Phi) is 8.05. The molecule has 3 rings (SSSR count). The van der Waals surface area contributed by atoms with Crippen LogP contribution in [0.4, 0.5) is 4.39 Å². The van der Waals surface area contributed by atoms with Crippen molar-refractivity contribution in [2.45, 2.75) is 31.1 Å². The number of halogens is 2. The van der Waals surface area contributed by atoms with Crippen molar-refractivity contribution in [3.8, 4) is 0 Å². The van der Waals surface area contributed by atoms with Crippen molar-refractivity contribution in [2.24, 2.45) is 0 Å². The Bertz CT molecular complexity index is 1010. The highest BCUT2D eigenvalue weighted by Crippen LogP contribution is 2.29. The minimum Gasteiger partial charge on any atom is -0.465 e. The maximum Gasteiger partial charge on any atom is 0.337 e. The Labute approximate surface area is 187 Å². The van der Waals surface area contributed by atoms with Crippen LogP contribution in [0, 0.1) is 5.82 Å². The molecular formula is C22H26ClFN2O4S. The number of carbonyl (C=O) groups is 1. The third-order valence-electron chi connectivity index (χ3n) is 5.45. The first-order valence-corrected chi connectivity index (χ1v) is 12.1. The molecule has 31 heavy (non-hydrogen) atoms. The molecule has 6 nitrogen and oxygen atoms in total. The summed E-state index contributed by atoms with van der Waals surface area (Å²) in [7, 11) is -2.48. The molecular weight excluding hydrogens is 443 g/mol. The SMILES string of the molecule is COC(=O)c1ccc(CNS(=O)(=O)C(CCN2CCCC2)c2ccc(F)c(Cl)c2)cc1. The van der Waals surface area contributed by atoms with Crippen LogP contribution in [0.5, 0.6) is 0 Å². The van der Waals surface area contributed by atoms with Crippen molar-refractivity contribution in [1.29, 1.82) is 0 Å². The van der Waals surface area contributed by atoms with E-state index in [0.717, 1.165) is 25.9 Å². The Morgan fingerprint density at radius 1 is 1.19 bits per heavy atom. The van der Waals surface area contributed by atoms with E-state index in [4.69, 9.17) is 11.6 Å². The molecule has 1 saturated heterocycles. The van der Waals surface area contributed by atoms with E-state index in [1.54, 1.807) is 24.3 Å². The first kappa shape index (κ1) is 23.7. The standard InChI is InChI=1S/C22H26ClFN2O4S/c1-30-22(27)17-6-4-16(5-7-17)15-25-31(28,29)21(10-13-26-11-2-3-12-26)18-8-9-20(24)19(23)14-18/h4-9,14,21,25H,2-3,10-13,15H2,1H3. The van der Waals surface area contributed by atoms with Crippen molar-refractivity contribution >= 4 is 27.6 Å². The van der Waals surface area contributed by atoms with Gasteiger partial charge in [0.15, 0.2) is 0 Å². The highest BCUT2D eigenvalue weighted by molar-refractivity contribution is 7.89. The average molecular weight is 469 g/mol. The Morgan fingerprint density at radius 3 is 2.48 bits per heavy atom. The lowest BCUT2D eigenvalue weighted by Gasteiger charge is -2.22. The average Bonchev–Trinajstić information content (AvgIpc) is 3.28. The van der Waals surface area contributed by atoms with Crippen LogP contribution in [0.15, 0.2) is 42.5 Å². The van der Waals surface area contributed by atoms with Crippen molar-refractivity contribution < 1.29 is 22.3 Å². The number of rotatable bonds is 9. The molecule has 0 aromatic heterocycles. The number of nitrogens with one attached hydrogen (secondary N) is 1. The van der Waals surface area contributed by atoms with Crippen LogP contribution in [-0.4, -0.2) is 46.0 Å². The van der Waals surface area contributed by atoms with Crippen LogP contribution in [-0.2, 0) is 21.3 Å². The van der Waals surface area contributed by atoms with E-state index >= 15 is 0 Å². The number of methoxy groups -OCH3 is 1. The number of sulfonamides is 1. The summed E-state index contributed by atoms with van der Waals surface area (Å²) in [6, 6.07) is 10.6. The van der Waals surface area contributed by atoms with Crippen LogP contribution in [0.25, 0.3) is 0 Å². The molecule has 0 spiro atoms. The van der Waals surface area contributed by atoms with Gasteiger partial charge in [0.1, 0.15) is 11.1 Å². The zero-order valence-corrected chi connectivity index (χ0v) is 18.9. The maximum absolute atomic E-state index is 13.6. The summed E-state index contributed by atoms with van der Waals surface area (Å²) in [6.07, 6.45) is 2.60. The van der Waals surface area contributed by atoms with Gasteiger partial charge in [-0.05, 0) is 74.3 Å². The van der Waals surface area contributed by atoms with Gasteiger partial charge in [-0.25, -0.2) is 22.3 Å². The molecule has 1 atom stereocenters. The lowest BCUT2D eigenvalue weighted by Crippen LogP contribution is -2.32. The molecule has 1 heterocycles. The van der Waals surface area contributed by atoms with Gasteiger partial charge >= 0.3 is 5.97 Å². The fourth-order valence-electron chi connectivity index (χ4n) is 3.68. The molecule has 2 aromatic rings. The van der Waals surface area contributed by atoms with Gasteiger partial charge in [0.25, 0.3) is 0 Å². The monoisotopic (exact) mass is 468 g/mol. The minimum absolute atomic E-state index is 0.0684. The van der Waals surface area contributed by atoms with E-state index in [0.29, 0.717) is 29.7 Å². The molecule has 1 unspecified atom stereocenters. The predicted octanol–water partition coefficient (Wildman–Crippen LogP) is 3.91. The maximum atomic E-state index is 13.6. The molecule has 168 valence electrons. The second-order valence-corrected chi connectivity index (χ2v) is 9.91. The first-order chi connectivity index (χ1) is 14.8. The molecule has 0 radical (unpaired) electrons. The van der Waals surface area contributed by atoms with E-state index in [-0.39, 0.29) is 11.6 Å². The number of likely N-dealkylation sites (tertiary alicyclic amines) is 1. The number of esters is 1. The zero-order valence-electron chi connectivity index (χ0n) is 17.3. The van der Waals surface area contributed by atoms with Crippen molar-refractivity contribution in [2.75, 3.05) is 26.7 Å². The smallest absolute Gasteiger partial charge is 0.337 e. The number of hydrogen-bond donors (Lipinski definition) is 1. The summed E-state index contributed by atoms with van der Waals surface area (Å²) in [4.78, 5) is 13.8. The number of hydrogen-bond acceptors (Lipinski definition) is 5. The van der Waals surface area contributed by atoms with Gasteiger partial charge in [-0.15, -0.1) is 0 Å². The van der Waals surface area contributed by atoms with Gasteiger partial charge in [0.2, 0.25) is 10.0 Å². The van der Waals surface area contributed by atoms with Crippen molar-refractivity contribution in [3.63, 3.8) is 0 Å². The Hall–Kier alpha value is -2.00. The molecule has 1 fully saturated rings. The van der Waals surface area contributed by atoms with E-state index in [9.17, 15) is 17.6 Å². The molecule has 0 saturated carbocycles. The number of benzene rings is 2. The normalized spacial score (nSPS) is 15.7. The largest absolute Gasteiger partial charge is 0.465 e. The molecule has 1 N–H and O–H groups in total. The van der Waals surface area contributed by atoms with Crippen molar-refractivity contribution in [1.82, 2.24) is 9.62 Å². The van der Waals surface area contributed by atoms with Gasteiger partial charge in [-0.3, -0.25) is 0 Å². The zero-order chi connectivity index (χ0) is 22.4. The lowest BCUT2D eigenvalue weighted by atomic mass is 10.1. The fraction of sp³-hybridized carbons (Fsp3) is 0.409. The van der Waals surface area contributed by atoms with Crippen LogP contribution in [0.2, 0.25) is 5.02 Å². The molecule has 0 bridgehead atoms. The summed E-state index contributed by atoms with van der Waals surface area (Å²) in [5.41, 5.74) is 1.55. The van der Waals surface area contributed by atoms with Crippen LogP contribution < -0.4 is 4.72 Å². The second-order valence-electron chi connectivity index (χ2n) is 7.55. The summed E-state index contributed by atoms with van der Waals surface area (Å²) in [6.45, 7) is 2.61. The topological polar surface area (TPSA) is 75.7 Å². The van der Waals surface area contributed by atoms with Gasteiger partial charge < -0.3 is 9.64 Å². The first-order valence-electron chi connectivity index (χ1n) is 10.1. The quantitative estimate of drug-likeness (QED) is 0.565. The third kappa shape index (κ3) is 6.26. The predicted molar refractivity (Wildman–Crippen MR) is 118 cm³/mol. The van der Waals surface area contributed by atoms with Crippen molar-refractivity contribution in [3.05, 3.63) is 70.0 Å². The summed E-state index contributed by atoms with van der Waals surface area (Å²) in [5, 5.41) is -0.960. The Balaban J connectivity index is 1.75. The van der Waals surface area contributed by atoms with E-state index in [2.05, 4.69) is 14.4 Å². The molecule has 9 heteroatoms. The second kappa shape index (κ2) is 10.5. The molecule has 1 aliphatic heterocycles. The van der Waals surface area contributed by atoms with Gasteiger partial charge in [-0.1, -0.05) is 29.8 Å². The number of nitrogens with zero attached hydrogens (tertiary/aromatic N) is 1. The van der Waals surface area contributed by atoms with E-state index in [1.807, 2.05) is 0 Å². The minimum atomic E-state index is -3.78. The number of carbonyl (C=O) groups excluding carboxylic acids is 1. The van der Waals surface area contributed by atoms with Gasteiger partial charge in [-0.2, -0.15) is 0 Å². The highest BCUT2D eigenvalue weighted by atomic mass is 35.5. The number of ether oxygens (including phenoxy) is 1. The summed E-state index contributed by atoms with van der Waals surface area (Å²) >= 11 is 5.92.